The Morgan fingerprint density at radius 2 is 2.18 bits per heavy atom. The van der Waals surface area contributed by atoms with Gasteiger partial charge in [0.15, 0.2) is 0 Å². The van der Waals surface area contributed by atoms with E-state index in [0.29, 0.717) is 18.4 Å². The summed E-state index contributed by atoms with van der Waals surface area (Å²) < 4.78 is 5.32. The predicted octanol–water partition coefficient (Wildman–Crippen LogP) is 2.16. The average Bonchev–Trinajstić information content (AvgIpc) is 2.91. The van der Waals surface area contributed by atoms with E-state index in [1.807, 2.05) is 12.1 Å². The second-order valence-electron chi connectivity index (χ2n) is 6.09. The first kappa shape index (κ1) is 11.3. The van der Waals surface area contributed by atoms with Crippen molar-refractivity contribution in [2.75, 3.05) is 0 Å². The van der Waals surface area contributed by atoms with Crippen LogP contribution in [0.15, 0.2) is 22.8 Å². The molecule has 0 aliphatic heterocycles. The Morgan fingerprint density at radius 1 is 1.41 bits per heavy atom. The molecule has 2 saturated carbocycles. The molecule has 1 aromatic heterocycles. The molecule has 2 N–H and O–H groups in total. The highest BCUT2D eigenvalue weighted by Gasteiger charge is 2.58. The Morgan fingerprint density at radius 3 is 2.76 bits per heavy atom. The minimum Gasteiger partial charge on any atom is -0.468 e. The van der Waals surface area contributed by atoms with Gasteiger partial charge in [-0.25, -0.2) is 0 Å². The van der Waals surface area contributed by atoms with Gasteiger partial charge >= 0.3 is 0 Å². The van der Waals surface area contributed by atoms with Crippen molar-refractivity contribution in [1.29, 1.82) is 0 Å². The number of nitrogens with one attached hydrogen (secondary N) is 1. The maximum absolute atomic E-state index is 10.4. The molecule has 17 heavy (non-hydrogen) atoms. The van der Waals surface area contributed by atoms with Crippen molar-refractivity contribution >= 4 is 0 Å². The number of hydrogen-bond donors (Lipinski definition) is 2. The zero-order chi connectivity index (χ0) is 12.0. The molecular formula is C14H21NO2. The van der Waals surface area contributed by atoms with Gasteiger partial charge in [-0.15, -0.1) is 0 Å². The van der Waals surface area contributed by atoms with Crippen molar-refractivity contribution < 1.29 is 9.52 Å². The van der Waals surface area contributed by atoms with Crippen molar-refractivity contribution in [3.63, 3.8) is 0 Å². The molecule has 2 aliphatic carbocycles. The van der Waals surface area contributed by atoms with E-state index in [-0.39, 0.29) is 17.6 Å². The average molecular weight is 235 g/mol. The van der Waals surface area contributed by atoms with E-state index in [0.717, 1.165) is 5.76 Å². The van der Waals surface area contributed by atoms with E-state index >= 15 is 0 Å². The van der Waals surface area contributed by atoms with Crippen LogP contribution in [-0.4, -0.2) is 17.3 Å². The topological polar surface area (TPSA) is 45.4 Å². The summed E-state index contributed by atoms with van der Waals surface area (Å²) in [6, 6.07) is 4.10. The molecule has 2 aliphatic rings. The highest BCUT2D eigenvalue weighted by Crippen LogP contribution is 2.57. The van der Waals surface area contributed by atoms with Gasteiger partial charge < -0.3 is 14.8 Å². The molecule has 2 fully saturated rings. The van der Waals surface area contributed by atoms with Gasteiger partial charge in [-0.2, -0.15) is 0 Å². The molecule has 94 valence electrons. The van der Waals surface area contributed by atoms with Crippen LogP contribution in [0.25, 0.3) is 0 Å². The smallest absolute Gasteiger partial charge is 0.117 e. The molecule has 3 heteroatoms. The van der Waals surface area contributed by atoms with E-state index in [4.69, 9.17) is 4.42 Å². The largest absolute Gasteiger partial charge is 0.468 e. The molecular weight excluding hydrogens is 214 g/mol. The monoisotopic (exact) mass is 235 g/mol. The number of aliphatic hydroxyl groups excluding tert-OH is 1. The second kappa shape index (κ2) is 3.85. The number of fused-ring (bicyclic) bond motifs is 2. The van der Waals surface area contributed by atoms with Crippen LogP contribution in [0.2, 0.25) is 0 Å². The molecule has 1 aromatic rings. The van der Waals surface area contributed by atoms with Crippen LogP contribution in [0.3, 0.4) is 0 Å². The summed E-state index contributed by atoms with van der Waals surface area (Å²) in [4.78, 5) is 0. The van der Waals surface area contributed by atoms with Crippen molar-refractivity contribution in [3.05, 3.63) is 24.2 Å². The zero-order valence-corrected chi connectivity index (χ0v) is 10.5. The first-order valence-corrected chi connectivity index (χ1v) is 6.54. The van der Waals surface area contributed by atoms with Gasteiger partial charge in [-0.05, 0) is 42.2 Å². The summed E-state index contributed by atoms with van der Waals surface area (Å²) in [5.41, 5.74) is 0.278. The predicted molar refractivity (Wildman–Crippen MR) is 65.3 cm³/mol. The minimum absolute atomic E-state index is 0.196. The zero-order valence-electron chi connectivity index (χ0n) is 10.5. The highest BCUT2D eigenvalue weighted by molar-refractivity contribution is 5.11. The SMILES string of the molecule is CC1(C)C2CCC1C(NCc1ccco1)C2O. The summed E-state index contributed by atoms with van der Waals surface area (Å²) in [6.45, 7) is 5.31. The standard InChI is InChI=1S/C14H21NO2/c1-14(2)10-5-6-11(14)13(16)12(10)15-8-9-4-3-7-17-9/h3-4,7,10-13,15-16H,5-6,8H2,1-2H3. The Labute approximate surface area is 102 Å². The third-order valence-corrected chi connectivity index (χ3v) is 5.01. The van der Waals surface area contributed by atoms with Crippen molar-refractivity contribution in [1.82, 2.24) is 5.32 Å². The maximum Gasteiger partial charge on any atom is 0.117 e. The summed E-state index contributed by atoms with van der Waals surface area (Å²) in [7, 11) is 0. The van der Waals surface area contributed by atoms with Gasteiger partial charge in [0.1, 0.15) is 5.76 Å². The van der Waals surface area contributed by atoms with Crippen LogP contribution in [0, 0.1) is 17.3 Å². The van der Waals surface area contributed by atoms with Crippen LogP contribution >= 0.6 is 0 Å². The van der Waals surface area contributed by atoms with E-state index in [1.165, 1.54) is 12.8 Å². The van der Waals surface area contributed by atoms with Gasteiger partial charge in [0.2, 0.25) is 0 Å². The molecule has 3 rings (SSSR count). The number of hydrogen-bond acceptors (Lipinski definition) is 3. The summed E-state index contributed by atoms with van der Waals surface area (Å²) >= 11 is 0. The lowest BCUT2D eigenvalue weighted by Gasteiger charge is -2.28. The van der Waals surface area contributed by atoms with Gasteiger partial charge in [0.25, 0.3) is 0 Å². The first-order chi connectivity index (χ1) is 8.10. The summed E-state index contributed by atoms with van der Waals surface area (Å²) in [5.74, 6) is 2.00. The lowest BCUT2D eigenvalue weighted by molar-refractivity contribution is 0.0701. The molecule has 4 atom stereocenters. The molecule has 4 unspecified atom stereocenters. The third-order valence-electron chi connectivity index (χ3n) is 5.01. The van der Waals surface area contributed by atoms with Crippen molar-refractivity contribution in [2.24, 2.45) is 17.3 Å². The normalized spacial score (nSPS) is 38.8. The van der Waals surface area contributed by atoms with Crippen molar-refractivity contribution in [3.8, 4) is 0 Å². The quantitative estimate of drug-likeness (QED) is 0.844. The second-order valence-corrected chi connectivity index (χ2v) is 6.09. The molecule has 0 radical (unpaired) electrons. The van der Waals surface area contributed by atoms with Crippen LogP contribution in [0.4, 0.5) is 0 Å². The highest BCUT2D eigenvalue weighted by atomic mass is 16.3. The van der Waals surface area contributed by atoms with Crippen LogP contribution in [0.5, 0.6) is 0 Å². The van der Waals surface area contributed by atoms with Crippen LogP contribution in [-0.2, 0) is 6.54 Å². The molecule has 3 nitrogen and oxygen atoms in total. The fourth-order valence-electron chi connectivity index (χ4n) is 4.01. The molecule has 0 saturated heterocycles. The first-order valence-electron chi connectivity index (χ1n) is 6.54. The molecule has 0 spiro atoms. The van der Waals surface area contributed by atoms with Crippen LogP contribution < -0.4 is 5.32 Å². The lowest BCUT2D eigenvalue weighted by atomic mass is 9.81. The number of rotatable bonds is 3. The van der Waals surface area contributed by atoms with E-state index in [9.17, 15) is 5.11 Å². The Hall–Kier alpha value is -0.800. The molecule has 0 amide bonds. The third kappa shape index (κ3) is 1.64. The Balaban J connectivity index is 1.69. The number of aliphatic hydroxyl groups is 1. The fraction of sp³-hybridized carbons (Fsp3) is 0.714. The molecule has 0 aromatic carbocycles. The van der Waals surface area contributed by atoms with E-state index in [2.05, 4.69) is 19.2 Å². The minimum atomic E-state index is -0.196. The van der Waals surface area contributed by atoms with E-state index < -0.39 is 0 Å². The van der Waals surface area contributed by atoms with Crippen molar-refractivity contribution in [2.45, 2.75) is 45.4 Å². The van der Waals surface area contributed by atoms with E-state index in [1.54, 1.807) is 6.26 Å². The fourth-order valence-corrected chi connectivity index (χ4v) is 4.01. The Kier molecular flexibility index (Phi) is 2.56. The molecule has 2 bridgehead atoms. The van der Waals surface area contributed by atoms with Crippen LogP contribution in [0.1, 0.15) is 32.4 Å². The maximum atomic E-state index is 10.4. The molecule has 1 heterocycles. The number of furan rings is 1. The Bertz CT molecular complexity index is 385. The van der Waals surface area contributed by atoms with Gasteiger partial charge in [0.05, 0.1) is 18.9 Å². The summed E-state index contributed by atoms with van der Waals surface area (Å²) in [6.07, 6.45) is 3.92. The lowest BCUT2D eigenvalue weighted by Crippen LogP contribution is -2.43. The van der Waals surface area contributed by atoms with Gasteiger partial charge in [0, 0.05) is 6.04 Å². The van der Waals surface area contributed by atoms with Gasteiger partial charge in [-0.3, -0.25) is 0 Å². The summed E-state index contributed by atoms with van der Waals surface area (Å²) in [5, 5.41) is 13.8. The van der Waals surface area contributed by atoms with Gasteiger partial charge in [-0.1, -0.05) is 13.8 Å².